The number of benzene rings is 1. The zero-order valence-corrected chi connectivity index (χ0v) is 12.9. The van der Waals surface area contributed by atoms with Crippen molar-refractivity contribution >= 4 is 11.7 Å². The van der Waals surface area contributed by atoms with Crippen LogP contribution in [0.3, 0.4) is 0 Å². The molecule has 0 aliphatic carbocycles. The second-order valence-corrected chi connectivity index (χ2v) is 5.88. The SMILES string of the molecule is CCNCc1ccc(N2CCN3C(=O)NCC3C2)c(C)c1. The first-order valence-corrected chi connectivity index (χ1v) is 7.78. The average Bonchev–Trinajstić information content (AvgIpc) is 2.86. The summed E-state index contributed by atoms with van der Waals surface area (Å²) in [6, 6.07) is 7.10. The van der Waals surface area contributed by atoms with Gasteiger partial charge in [0.05, 0.1) is 6.04 Å². The van der Waals surface area contributed by atoms with E-state index >= 15 is 0 Å². The molecule has 0 aromatic heterocycles. The van der Waals surface area contributed by atoms with Gasteiger partial charge < -0.3 is 20.4 Å². The molecule has 5 nitrogen and oxygen atoms in total. The van der Waals surface area contributed by atoms with Crippen LogP contribution in [0.4, 0.5) is 10.5 Å². The highest BCUT2D eigenvalue weighted by atomic mass is 16.2. The van der Waals surface area contributed by atoms with Gasteiger partial charge in [0.1, 0.15) is 0 Å². The van der Waals surface area contributed by atoms with Gasteiger partial charge in [-0.05, 0) is 30.7 Å². The minimum atomic E-state index is 0.0948. The summed E-state index contributed by atoms with van der Waals surface area (Å²) in [5, 5.41) is 6.29. The highest BCUT2D eigenvalue weighted by Gasteiger charge is 2.35. The van der Waals surface area contributed by atoms with Gasteiger partial charge in [0, 0.05) is 38.4 Å². The van der Waals surface area contributed by atoms with E-state index in [1.54, 1.807) is 0 Å². The second-order valence-electron chi connectivity index (χ2n) is 5.88. The molecule has 3 rings (SSSR count). The van der Waals surface area contributed by atoms with E-state index < -0.39 is 0 Å². The largest absolute Gasteiger partial charge is 0.367 e. The van der Waals surface area contributed by atoms with Gasteiger partial charge in [0.15, 0.2) is 0 Å². The van der Waals surface area contributed by atoms with Gasteiger partial charge >= 0.3 is 6.03 Å². The Hall–Kier alpha value is -1.75. The molecular formula is C16H24N4O. The number of amides is 2. The molecule has 21 heavy (non-hydrogen) atoms. The summed E-state index contributed by atoms with van der Waals surface area (Å²) in [6.45, 7) is 9.64. The van der Waals surface area contributed by atoms with Crippen LogP contribution in [0.5, 0.6) is 0 Å². The maximum atomic E-state index is 11.7. The molecule has 0 saturated carbocycles. The molecule has 1 aromatic carbocycles. The van der Waals surface area contributed by atoms with Crippen molar-refractivity contribution in [3.8, 4) is 0 Å². The number of carbonyl (C=O) groups excluding carboxylic acids is 1. The molecule has 1 unspecified atom stereocenters. The fourth-order valence-electron chi connectivity index (χ4n) is 3.27. The number of urea groups is 1. The lowest BCUT2D eigenvalue weighted by molar-refractivity contribution is 0.197. The van der Waals surface area contributed by atoms with Crippen molar-refractivity contribution < 1.29 is 4.79 Å². The van der Waals surface area contributed by atoms with Crippen molar-refractivity contribution in [2.45, 2.75) is 26.4 Å². The molecule has 1 aromatic rings. The molecule has 1 atom stereocenters. The van der Waals surface area contributed by atoms with Crippen LogP contribution < -0.4 is 15.5 Å². The fraction of sp³-hybridized carbons (Fsp3) is 0.562. The monoisotopic (exact) mass is 288 g/mol. The van der Waals surface area contributed by atoms with Crippen LogP contribution in [-0.4, -0.2) is 49.7 Å². The molecule has 0 bridgehead atoms. The zero-order chi connectivity index (χ0) is 14.8. The second kappa shape index (κ2) is 5.93. The van der Waals surface area contributed by atoms with Crippen LogP contribution in [0.15, 0.2) is 18.2 Å². The van der Waals surface area contributed by atoms with E-state index in [-0.39, 0.29) is 6.03 Å². The Morgan fingerprint density at radius 2 is 2.24 bits per heavy atom. The number of nitrogens with zero attached hydrogens (tertiary/aromatic N) is 2. The lowest BCUT2D eigenvalue weighted by atomic mass is 10.1. The van der Waals surface area contributed by atoms with Crippen LogP contribution in [0.1, 0.15) is 18.1 Å². The van der Waals surface area contributed by atoms with Gasteiger partial charge in [-0.3, -0.25) is 0 Å². The Morgan fingerprint density at radius 1 is 1.38 bits per heavy atom. The van der Waals surface area contributed by atoms with Crippen molar-refractivity contribution in [2.75, 3.05) is 37.6 Å². The summed E-state index contributed by atoms with van der Waals surface area (Å²) < 4.78 is 0. The van der Waals surface area contributed by atoms with Gasteiger partial charge in [0.2, 0.25) is 0 Å². The van der Waals surface area contributed by atoms with Crippen LogP contribution in [0.2, 0.25) is 0 Å². The number of piperazine rings is 1. The normalized spacial score (nSPS) is 21.4. The van der Waals surface area contributed by atoms with Gasteiger partial charge in [-0.25, -0.2) is 4.79 Å². The summed E-state index contributed by atoms with van der Waals surface area (Å²) in [5.74, 6) is 0. The summed E-state index contributed by atoms with van der Waals surface area (Å²) in [7, 11) is 0. The van der Waals surface area contributed by atoms with Crippen LogP contribution >= 0.6 is 0 Å². The molecule has 2 amide bonds. The number of nitrogens with one attached hydrogen (secondary N) is 2. The average molecular weight is 288 g/mol. The molecule has 2 saturated heterocycles. The quantitative estimate of drug-likeness (QED) is 0.878. The van der Waals surface area contributed by atoms with Crippen molar-refractivity contribution in [1.29, 1.82) is 0 Å². The number of rotatable bonds is 4. The first-order chi connectivity index (χ1) is 10.2. The standard InChI is InChI=1S/C16H24N4O/c1-3-17-9-13-4-5-15(12(2)8-13)19-6-7-20-14(11-19)10-18-16(20)21/h4-5,8,14,17H,3,6-7,9-11H2,1-2H3,(H,18,21). The van der Waals surface area contributed by atoms with E-state index in [1.807, 2.05) is 4.90 Å². The fourth-order valence-corrected chi connectivity index (χ4v) is 3.27. The third-order valence-electron chi connectivity index (χ3n) is 4.41. The number of aryl methyl sites for hydroxylation is 1. The third kappa shape index (κ3) is 2.83. The maximum Gasteiger partial charge on any atom is 0.317 e. The van der Waals surface area contributed by atoms with E-state index in [1.165, 1.54) is 16.8 Å². The van der Waals surface area contributed by atoms with Crippen molar-refractivity contribution in [3.63, 3.8) is 0 Å². The van der Waals surface area contributed by atoms with Crippen LogP contribution in [0, 0.1) is 6.92 Å². The van der Waals surface area contributed by atoms with Crippen molar-refractivity contribution in [2.24, 2.45) is 0 Å². The van der Waals surface area contributed by atoms with Gasteiger partial charge in [0.25, 0.3) is 0 Å². The molecule has 114 valence electrons. The lowest BCUT2D eigenvalue weighted by Gasteiger charge is -2.38. The number of carbonyl (C=O) groups is 1. The maximum absolute atomic E-state index is 11.7. The van der Waals surface area contributed by atoms with E-state index in [0.29, 0.717) is 6.04 Å². The Balaban J connectivity index is 1.71. The molecular weight excluding hydrogens is 264 g/mol. The Morgan fingerprint density at radius 3 is 3.00 bits per heavy atom. The summed E-state index contributed by atoms with van der Waals surface area (Å²) in [4.78, 5) is 16.0. The highest BCUT2D eigenvalue weighted by Crippen LogP contribution is 2.25. The molecule has 2 heterocycles. The van der Waals surface area contributed by atoms with Crippen LogP contribution in [-0.2, 0) is 6.54 Å². The third-order valence-corrected chi connectivity index (χ3v) is 4.41. The smallest absolute Gasteiger partial charge is 0.317 e. The first-order valence-electron chi connectivity index (χ1n) is 7.78. The van der Waals surface area contributed by atoms with Crippen molar-refractivity contribution in [3.05, 3.63) is 29.3 Å². The van der Waals surface area contributed by atoms with Crippen LogP contribution in [0.25, 0.3) is 0 Å². The first kappa shape index (κ1) is 14.2. The minimum absolute atomic E-state index is 0.0948. The highest BCUT2D eigenvalue weighted by molar-refractivity contribution is 5.77. The Kier molecular flexibility index (Phi) is 4.01. The van der Waals surface area contributed by atoms with E-state index in [9.17, 15) is 4.79 Å². The van der Waals surface area contributed by atoms with Gasteiger partial charge in [-0.15, -0.1) is 0 Å². The molecule has 2 aliphatic heterocycles. The molecule has 2 fully saturated rings. The molecule has 2 N–H and O–H groups in total. The zero-order valence-electron chi connectivity index (χ0n) is 12.9. The number of hydrogen-bond donors (Lipinski definition) is 2. The molecule has 2 aliphatic rings. The molecule has 0 spiro atoms. The summed E-state index contributed by atoms with van der Waals surface area (Å²) >= 11 is 0. The Labute approximate surface area is 126 Å². The van der Waals surface area contributed by atoms with Gasteiger partial charge in [-0.1, -0.05) is 19.1 Å². The van der Waals surface area contributed by atoms with E-state index in [4.69, 9.17) is 0 Å². The van der Waals surface area contributed by atoms with Crippen molar-refractivity contribution in [1.82, 2.24) is 15.5 Å². The minimum Gasteiger partial charge on any atom is -0.367 e. The van der Waals surface area contributed by atoms with E-state index in [0.717, 1.165) is 39.3 Å². The molecule has 5 heteroatoms. The topological polar surface area (TPSA) is 47.6 Å². The molecule has 0 radical (unpaired) electrons. The number of hydrogen-bond acceptors (Lipinski definition) is 3. The summed E-state index contributed by atoms with van der Waals surface area (Å²) in [6.07, 6.45) is 0. The predicted octanol–water partition coefficient (Wildman–Crippen LogP) is 1.32. The summed E-state index contributed by atoms with van der Waals surface area (Å²) in [5.41, 5.74) is 3.94. The van der Waals surface area contributed by atoms with Gasteiger partial charge in [-0.2, -0.15) is 0 Å². The predicted molar refractivity (Wildman–Crippen MR) is 84.7 cm³/mol. The number of anilines is 1. The Bertz CT molecular complexity index is 531. The lowest BCUT2D eigenvalue weighted by Crippen LogP contribution is -2.52. The van der Waals surface area contributed by atoms with E-state index in [2.05, 4.69) is 47.6 Å². The number of fused-ring (bicyclic) bond motifs is 1.